The van der Waals surface area contributed by atoms with E-state index < -0.39 is 0 Å². The summed E-state index contributed by atoms with van der Waals surface area (Å²) in [7, 11) is 0. The zero-order valence-electron chi connectivity index (χ0n) is 13.2. The molecule has 0 saturated carbocycles. The molecule has 0 N–H and O–H groups in total. The van der Waals surface area contributed by atoms with Gasteiger partial charge in [0.15, 0.2) is 0 Å². The molecule has 3 rings (SSSR count). The Morgan fingerprint density at radius 1 is 1.16 bits per heavy atom. The van der Waals surface area contributed by atoms with E-state index in [1.54, 1.807) is 5.56 Å². The van der Waals surface area contributed by atoms with Crippen molar-refractivity contribution in [3.63, 3.8) is 0 Å². The maximum Gasteiger partial charge on any atom is 0.0191 e. The first kappa shape index (κ1) is 13.2. The van der Waals surface area contributed by atoms with Gasteiger partial charge in [-0.15, -0.1) is 0 Å². The van der Waals surface area contributed by atoms with Crippen LogP contribution in [-0.4, -0.2) is 23.0 Å². The Bertz CT molecular complexity index is 515. The Kier molecular flexibility index (Phi) is 2.83. The van der Waals surface area contributed by atoms with Crippen LogP contribution in [0.15, 0.2) is 12.1 Å². The minimum atomic E-state index is 0.383. The van der Waals surface area contributed by atoms with Gasteiger partial charge in [-0.3, -0.25) is 4.90 Å². The Morgan fingerprint density at radius 2 is 1.84 bits per heavy atom. The fourth-order valence-corrected chi connectivity index (χ4v) is 4.91. The predicted octanol–water partition coefficient (Wildman–Crippen LogP) is 4.20. The number of aryl methyl sites for hydroxylation is 2. The highest BCUT2D eigenvalue weighted by Crippen LogP contribution is 2.54. The van der Waals surface area contributed by atoms with Crippen LogP contribution < -0.4 is 0 Å². The first-order valence-electron chi connectivity index (χ1n) is 7.68. The molecule has 4 unspecified atom stereocenters. The van der Waals surface area contributed by atoms with Gasteiger partial charge in [0.1, 0.15) is 0 Å². The Hall–Kier alpha value is -0.820. The lowest BCUT2D eigenvalue weighted by Gasteiger charge is -2.32. The van der Waals surface area contributed by atoms with Gasteiger partial charge in [-0.2, -0.15) is 0 Å². The van der Waals surface area contributed by atoms with Crippen molar-refractivity contribution in [1.82, 2.24) is 4.90 Å². The molecule has 1 heteroatoms. The van der Waals surface area contributed by atoms with Crippen LogP contribution in [-0.2, 0) is 0 Å². The van der Waals surface area contributed by atoms with Crippen LogP contribution in [0.2, 0.25) is 0 Å². The van der Waals surface area contributed by atoms with Crippen molar-refractivity contribution in [3.05, 3.63) is 34.4 Å². The van der Waals surface area contributed by atoms with E-state index >= 15 is 0 Å². The maximum atomic E-state index is 2.74. The van der Waals surface area contributed by atoms with Crippen LogP contribution in [0.3, 0.4) is 0 Å². The third kappa shape index (κ3) is 1.71. The molecule has 1 aromatic carbocycles. The quantitative estimate of drug-likeness (QED) is 0.729. The molecule has 1 aromatic rings. The van der Waals surface area contributed by atoms with Crippen LogP contribution >= 0.6 is 0 Å². The molecule has 0 amide bonds. The maximum absolute atomic E-state index is 2.74. The van der Waals surface area contributed by atoms with E-state index in [2.05, 4.69) is 58.6 Å². The third-order valence-corrected chi connectivity index (χ3v) is 5.98. The van der Waals surface area contributed by atoms with Gasteiger partial charge in [0, 0.05) is 17.5 Å². The molecular weight excluding hydrogens is 230 g/mol. The van der Waals surface area contributed by atoms with Crippen LogP contribution in [0, 0.1) is 26.7 Å². The molecule has 104 valence electrons. The minimum Gasteiger partial charge on any atom is -0.295 e. The lowest BCUT2D eigenvalue weighted by atomic mass is 9.74. The fraction of sp³-hybridized carbons (Fsp3) is 0.667. The molecule has 2 heterocycles. The molecular formula is C18H27N. The van der Waals surface area contributed by atoms with E-state index in [1.807, 2.05) is 0 Å². The van der Waals surface area contributed by atoms with E-state index in [0.717, 1.165) is 11.8 Å². The second-order valence-corrected chi connectivity index (χ2v) is 7.30. The Balaban J connectivity index is 2.09. The number of rotatable bonds is 1. The van der Waals surface area contributed by atoms with Gasteiger partial charge in [-0.25, -0.2) is 0 Å². The molecule has 2 fully saturated rings. The second-order valence-electron chi connectivity index (χ2n) is 7.30. The van der Waals surface area contributed by atoms with Gasteiger partial charge >= 0.3 is 0 Å². The zero-order chi connectivity index (χ0) is 13.9. The minimum absolute atomic E-state index is 0.383. The summed E-state index contributed by atoms with van der Waals surface area (Å²) in [6, 6.07) is 5.46. The van der Waals surface area contributed by atoms with E-state index in [-0.39, 0.29) is 0 Å². The highest BCUT2D eigenvalue weighted by molar-refractivity contribution is 5.42. The van der Waals surface area contributed by atoms with Crippen molar-refractivity contribution in [2.24, 2.45) is 5.92 Å². The zero-order valence-corrected chi connectivity index (χ0v) is 13.2. The summed E-state index contributed by atoms with van der Waals surface area (Å²) < 4.78 is 0. The van der Waals surface area contributed by atoms with Gasteiger partial charge < -0.3 is 0 Å². The van der Waals surface area contributed by atoms with Crippen molar-refractivity contribution in [3.8, 4) is 0 Å². The fourth-order valence-electron chi connectivity index (χ4n) is 4.91. The predicted molar refractivity (Wildman–Crippen MR) is 81.7 cm³/mol. The van der Waals surface area contributed by atoms with Gasteiger partial charge in [0.05, 0.1) is 0 Å². The first-order valence-corrected chi connectivity index (χ1v) is 7.68. The summed E-state index contributed by atoms with van der Waals surface area (Å²) in [6.07, 6.45) is 1.37. The molecule has 2 aliphatic heterocycles. The molecule has 2 bridgehead atoms. The highest BCUT2D eigenvalue weighted by atomic mass is 15.3. The van der Waals surface area contributed by atoms with Gasteiger partial charge in [0.25, 0.3) is 0 Å². The smallest absolute Gasteiger partial charge is 0.0191 e. The van der Waals surface area contributed by atoms with Crippen molar-refractivity contribution in [2.75, 3.05) is 6.54 Å². The molecule has 0 spiro atoms. The second kappa shape index (κ2) is 4.09. The van der Waals surface area contributed by atoms with Crippen LogP contribution in [0.5, 0.6) is 0 Å². The summed E-state index contributed by atoms with van der Waals surface area (Å²) >= 11 is 0. The normalized spacial score (nSPS) is 35.9. The van der Waals surface area contributed by atoms with Gasteiger partial charge in [0.2, 0.25) is 0 Å². The number of hydrogen-bond acceptors (Lipinski definition) is 1. The molecule has 19 heavy (non-hydrogen) atoms. The summed E-state index contributed by atoms with van der Waals surface area (Å²) in [6.45, 7) is 15.4. The molecule has 2 aliphatic rings. The summed E-state index contributed by atoms with van der Waals surface area (Å²) in [5, 5.41) is 0. The third-order valence-electron chi connectivity index (χ3n) is 5.98. The van der Waals surface area contributed by atoms with Crippen molar-refractivity contribution < 1.29 is 0 Å². The number of nitrogens with zero attached hydrogens (tertiary/aromatic N) is 1. The SMILES string of the molecule is Cc1cc(C)c(C)c(C2C(C)N3CCC2C3(C)C)c1. The lowest BCUT2D eigenvalue weighted by molar-refractivity contribution is 0.169. The van der Waals surface area contributed by atoms with Crippen molar-refractivity contribution >= 4 is 0 Å². The van der Waals surface area contributed by atoms with E-state index in [4.69, 9.17) is 0 Å². The molecule has 0 radical (unpaired) electrons. The monoisotopic (exact) mass is 257 g/mol. The van der Waals surface area contributed by atoms with Crippen LogP contribution in [0.25, 0.3) is 0 Å². The standard InChI is InChI=1S/C18H27N/c1-11-9-12(2)13(3)15(10-11)17-14(4)19-8-7-16(17)18(19,5)6/h9-10,14,16-17H,7-8H2,1-6H3. The van der Waals surface area contributed by atoms with E-state index in [0.29, 0.717) is 11.6 Å². The van der Waals surface area contributed by atoms with Gasteiger partial charge in [-0.05, 0) is 77.1 Å². The molecule has 0 aliphatic carbocycles. The van der Waals surface area contributed by atoms with Crippen molar-refractivity contribution in [1.29, 1.82) is 0 Å². The highest BCUT2D eigenvalue weighted by Gasteiger charge is 2.56. The molecule has 0 aromatic heterocycles. The summed E-state index contributed by atoms with van der Waals surface area (Å²) in [5.74, 6) is 1.55. The van der Waals surface area contributed by atoms with E-state index in [1.165, 1.54) is 29.7 Å². The van der Waals surface area contributed by atoms with Crippen molar-refractivity contribution in [2.45, 2.75) is 65.5 Å². The first-order chi connectivity index (χ1) is 8.84. The van der Waals surface area contributed by atoms with Crippen LogP contribution in [0.4, 0.5) is 0 Å². The average molecular weight is 257 g/mol. The molecule has 4 atom stereocenters. The number of fused-ring (bicyclic) bond motifs is 2. The topological polar surface area (TPSA) is 3.24 Å². The van der Waals surface area contributed by atoms with E-state index in [9.17, 15) is 0 Å². The number of piperidine rings is 1. The average Bonchev–Trinajstić information content (AvgIpc) is 2.70. The number of hydrogen-bond donors (Lipinski definition) is 0. The summed E-state index contributed by atoms with van der Waals surface area (Å²) in [5.41, 5.74) is 6.39. The Labute approximate surface area is 118 Å². The summed E-state index contributed by atoms with van der Waals surface area (Å²) in [4.78, 5) is 2.74. The molecule has 1 nitrogen and oxygen atoms in total. The number of benzene rings is 1. The largest absolute Gasteiger partial charge is 0.295 e. The lowest BCUT2D eigenvalue weighted by Crippen LogP contribution is -2.39. The Morgan fingerprint density at radius 3 is 2.42 bits per heavy atom. The molecule has 2 saturated heterocycles. The van der Waals surface area contributed by atoms with Gasteiger partial charge in [-0.1, -0.05) is 17.7 Å². The van der Waals surface area contributed by atoms with Crippen LogP contribution in [0.1, 0.15) is 55.4 Å².